The molecular weight excluding hydrogens is 268 g/mol. The van der Waals surface area contributed by atoms with Gasteiger partial charge in [0, 0.05) is 12.3 Å². The third kappa shape index (κ3) is 2.65. The fraction of sp³-hybridized carbons (Fsp3) is 0.500. The molecule has 2 unspecified atom stereocenters. The predicted octanol–water partition coefficient (Wildman–Crippen LogP) is 2.41. The van der Waals surface area contributed by atoms with Crippen molar-refractivity contribution in [2.24, 2.45) is 0 Å². The van der Waals surface area contributed by atoms with Gasteiger partial charge in [-0.1, -0.05) is 18.2 Å². The second-order valence-electron chi connectivity index (χ2n) is 5.60. The smallest absolute Gasteiger partial charge is 0.332 e. The number of hydrogen-bond acceptors (Lipinski definition) is 3. The van der Waals surface area contributed by atoms with Gasteiger partial charge in [-0.3, -0.25) is 14.6 Å². The molecule has 0 spiro atoms. The molecular formula is C16H20N2O3. The minimum atomic E-state index is -0.455. The van der Waals surface area contributed by atoms with Crippen molar-refractivity contribution in [1.29, 1.82) is 0 Å². The fourth-order valence-corrected chi connectivity index (χ4v) is 2.97. The number of urea groups is 1. The van der Waals surface area contributed by atoms with Crippen molar-refractivity contribution in [2.75, 3.05) is 18.1 Å². The van der Waals surface area contributed by atoms with E-state index >= 15 is 0 Å². The Morgan fingerprint density at radius 1 is 1.19 bits per heavy atom. The molecule has 2 aliphatic rings. The topological polar surface area (TPSA) is 49.9 Å². The zero-order chi connectivity index (χ0) is 14.8. The Morgan fingerprint density at radius 2 is 1.95 bits per heavy atom. The number of carbonyl (C=O) groups excluding carboxylic acids is 2. The van der Waals surface area contributed by atoms with Gasteiger partial charge in [0.1, 0.15) is 6.04 Å². The van der Waals surface area contributed by atoms with E-state index in [1.54, 1.807) is 11.8 Å². The molecule has 1 aromatic carbocycles. The van der Waals surface area contributed by atoms with E-state index in [1.165, 1.54) is 4.90 Å². The zero-order valence-corrected chi connectivity index (χ0v) is 12.2. The maximum atomic E-state index is 12.6. The summed E-state index contributed by atoms with van der Waals surface area (Å²) in [5.41, 5.74) is 0.760. The van der Waals surface area contributed by atoms with Crippen LogP contribution in [0.1, 0.15) is 26.2 Å². The van der Waals surface area contributed by atoms with E-state index in [4.69, 9.17) is 4.74 Å². The highest BCUT2D eigenvalue weighted by Crippen LogP contribution is 2.26. The van der Waals surface area contributed by atoms with Gasteiger partial charge in [0.15, 0.2) is 0 Å². The summed E-state index contributed by atoms with van der Waals surface area (Å²) in [4.78, 5) is 27.9. The summed E-state index contributed by atoms with van der Waals surface area (Å²) in [6.07, 6.45) is 3.05. The van der Waals surface area contributed by atoms with Crippen molar-refractivity contribution in [3.05, 3.63) is 30.3 Å². The molecule has 2 saturated heterocycles. The highest BCUT2D eigenvalue weighted by molar-refractivity contribution is 6.14. The first-order valence-corrected chi connectivity index (χ1v) is 7.49. The molecule has 3 amide bonds. The summed E-state index contributed by atoms with van der Waals surface area (Å²) >= 11 is 0. The summed E-state index contributed by atoms with van der Waals surface area (Å²) in [7, 11) is 0. The van der Waals surface area contributed by atoms with Crippen molar-refractivity contribution >= 4 is 17.6 Å². The van der Waals surface area contributed by atoms with Crippen LogP contribution in [0.2, 0.25) is 0 Å². The third-order valence-electron chi connectivity index (χ3n) is 4.14. The van der Waals surface area contributed by atoms with Gasteiger partial charge in [-0.25, -0.2) is 4.79 Å². The Balaban J connectivity index is 1.77. The zero-order valence-electron chi connectivity index (χ0n) is 12.2. The van der Waals surface area contributed by atoms with Gasteiger partial charge in [0.2, 0.25) is 0 Å². The van der Waals surface area contributed by atoms with E-state index in [9.17, 15) is 9.59 Å². The maximum Gasteiger partial charge on any atom is 0.332 e. The van der Waals surface area contributed by atoms with E-state index in [1.807, 2.05) is 30.3 Å². The molecule has 0 radical (unpaired) electrons. The Labute approximate surface area is 124 Å². The molecule has 2 heterocycles. The molecule has 0 aromatic heterocycles. The second kappa shape index (κ2) is 5.85. The van der Waals surface area contributed by atoms with Crippen LogP contribution in [0.5, 0.6) is 0 Å². The molecule has 0 bridgehead atoms. The first-order valence-electron chi connectivity index (χ1n) is 7.49. The summed E-state index contributed by atoms with van der Waals surface area (Å²) in [5, 5.41) is 0. The molecule has 2 fully saturated rings. The fourth-order valence-electron chi connectivity index (χ4n) is 2.97. The summed E-state index contributed by atoms with van der Waals surface area (Å²) in [6.45, 7) is 2.86. The van der Waals surface area contributed by atoms with Crippen LogP contribution in [0.3, 0.4) is 0 Å². The lowest BCUT2D eigenvalue weighted by Crippen LogP contribution is -2.40. The number of para-hydroxylation sites is 1. The van der Waals surface area contributed by atoms with Crippen molar-refractivity contribution < 1.29 is 14.3 Å². The van der Waals surface area contributed by atoms with Crippen LogP contribution in [-0.4, -0.2) is 42.1 Å². The van der Waals surface area contributed by atoms with E-state index in [0.717, 1.165) is 31.6 Å². The van der Waals surface area contributed by atoms with Crippen molar-refractivity contribution in [3.8, 4) is 0 Å². The minimum absolute atomic E-state index is 0.0189. The largest absolute Gasteiger partial charge is 0.376 e. The Bertz CT molecular complexity index is 526. The first kappa shape index (κ1) is 14.1. The van der Waals surface area contributed by atoms with E-state index in [2.05, 4.69) is 0 Å². The second-order valence-corrected chi connectivity index (χ2v) is 5.60. The number of benzene rings is 1. The summed E-state index contributed by atoms with van der Waals surface area (Å²) in [6, 6.07) is 8.63. The molecule has 5 nitrogen and oxygen atoms in total. The molecule has 2 aliphatic heterocycles. The highest BCUT2D eigenvalue weighted by atomic mass is 16.5. The van der Waals surface area contributed by atoms with Gasteiger partial charge in [0.05, 0.1) is 12.6 Å². The number of nitrogens with zero attached hydrogens (tertiary/aromatic N) is 2. The van der Waals surface area contributed by atoms with Crippen LogP contribution in [0.4, 0.5) is 10.5 Å². The predicted molar refractivity (Wildman–Crippen MR) is 79.1 cm³/mol. The number of hydrogen-bond donors (Lipinski definition) is 0. The Kier molecular flexibility index (Phi) is 3.92. The molecule has 112 valence electrons. The van der Waals surface area contributed by atoms with Gasteiger partial charge in [-0.15, -0.1) is 0 Å². The van der Waals surface area contributed by atoms with Crippen LogP contribution in [-0.2, 0) is 9.53 Å². The third-order valence-corrected chi connectivity index (χ3v) is 4.14. The molecule has 21 heavy (non-hydrogen) atoms. The van der Waals surface area contributed by atoms with Crippen molar-refractivity contribution in [2.45, 2.75) is 38.3 Å². The summed E-state index contributed by atoms with van der Waals surface area (Å²) in [5.74, 6) is -0.141. The standard InChI is InChI=1S/C16H20N2O3/c1-12-15(19)17(11-14-9-5-6-10-21-14)16(20)18(12)13-7-3-2-4-8-13/h2-4,7-8,12,14H,5-6,9-11H2,1H3. The van der Waals surface area contributed by atoms with Gasteiger partial charge in [-0.05, 0) is 38.3 Å². The molecule has 3 rings (SSSR count). The van der Waals surface area contributed by atoms with Gasteiger partial charge >= 0.3 is 6.03 Å². The monoisotopic (exact) mass is 288 g/mol. The molecule has 0 aliphatic carbocycles. The van der Waals surface area contributed by atoms with Gasteiger partial charge < -0.3 is 4.74 Å². The number of ether oxygens (including phenoxy) is 1. The first-order chi connectivity index (χ1) is 10.2. The molecule has 0 N–H and O–H groups in total. The number of imide groups is 1. The number of amides is 3. The van der Waals surface area contributed by atoms with Crippen molar-refractivity contribution in [1.82, 2.24) is 4.90 Å². The molecule has 5 heteroatoms. The number of carbonyl (C=O) groups is 2. The minimum Gasteiger partial charge on any atom is -0.376 e. The average Bonchev–Trinajstić information content (AvgIpc) is 2.73. The lowest BCUT2D eigenvalue weighted by molar-refractivity contribution is -0.128. The van der Waals surface area contributed by atoms with E-state index in [-0.39, 0.29) is 18.0 Å². The van der Waals surface area contributed by atoms with Crippen LogP contribution < -0.4 is 4.90 Å². The van der Waals surface area contributed by atoms with E-state index in [0.29, 0.717) is 6.54 Å². The molecule has 0 saturated carbocycles. The summed E-state index contributed by atoms with van der Waals surface area (Å²) < 4.78 is 5.65. The lowest BCUT2D eigenvalue weighted by atomic mass is 10.1. The SMILES string of the molecule is CC1C(=O)N(CC2CCCCO2)C(=O)N1c1ccccc1. The van der Waals surface area contributed by atoms with Crippen LogP contribution in [0.15, 0.2) is 30.3 Å². The Morgan fingerprint density at radius 3 is 2.62 bits per heavy atom. The number of anilines is 1. The molecule has 1 aromatic rings. The Hall–Kier alpha value is -1.88. The van der Waals surface area contributed by atoms with Gasteiger partial charge in [-0.2, -0.15) is 0 Å². The number of rotatable bonds is 3. The quantitative estimate of drug-likeness (QED) is 0.803. The van der Waals surface area contributed by atoms with E-state index < -0.39 is 6.04 Å². The lowest BCUT2D eigenvalue weighted by Gasteiger charge is -2.26. The van der Waals surface area contributed by atoms with Gasteiger partial charge in [0.25, 0.3) is 5.91 Å². The van der Waals surface area contributed by atoms with Crippen LogP contribution in [0.25, 0.3) is 0 Å². The molecule has 2 atom stereocenters. The van der Waals surface area contributed by atoms with Crippen LogP contribution in [0, 0.1) is 0 Å². The highest BCUT2D eigenvalue weighted by Gasteiger charge is 2.44. The maximum absolute atomic E-state index is 12.6. The van der Waals surface area contributed by atoms with Crippen LogP contribution >= 0.6 is 0 Å². The average molecular weight is 288 g/mol. The van der Waals surface area contributed by atoms with Crippen molar-refractivity contribution in [3.63, 3.8) is 0 Å². The normalized spacial score (nSPS) is 26.5.